The van der Waals surface area contributed by atoms with E-state index in [1.165, 1.54) is 17.5 Å². The number of amides is 1. The maximum Gasteiger partial charge on any atom is 0.239 e. The van der Waals surface area contributed by atoms with Gasteiger partial charge in [0.1, 0.15) is 0 Å². The van der Waals surface area contributed by atoms with Crippen molar-refractivity contribution in [1.29, 1.82) is 0 Å². The maximum absolute atomic E-state index is 12.5. The third-order valence-corrected chi connectivity index (χ3v) is 4.55. The summed E-state index contributed by atoms with van der Waals surface area (Å²) in [7, 11) is 2.04. The Kier molecular flexibility index (Phi) is 5.80. The average molecular weight is 288 g/mol. The van der Waals surface area contributed by atoms with Crippen LogP contribution in [0.2, 0.25) is 0 Å². The molecular weight excluding hydrogens is 260 g/mol. The number of likely N-dealkylation sites (tertiary alicyclic amines) is 1. The highest BCUT2D eigenvalue weighted by molar-refractivity contribution is 5.81. The molecule has 21 heavy (non-hydrogen) atoms. The van der Waals surface area contributed by atoms with E-state index in [9.17, 15) is 4.79 Å². The van der Waals surface area contributed by atoms with Crippen LogP contribution in [-0.4, -0.2) is 41.9 Å². The molecule has 1 aliphatic heterocycles. The number of carbonyl (C=O) groups excluding carboxylic acids is 1. The predicted octanol–water partition coefficient (Wildman–Crippen LogP) is 3.08. The van der Waals surface area contributed by atoms with Crippen LogP contribution in [0.3, 0.4) is 0 Å². The van der Waals surface area contributed by atoms with Crippen LogP contribution in [0.15, 0.2) is 24.3 Å². The van der Waals surface area contributed by atoms with E-state index in [1.54, 1.807) is 0 Å². The van der Waals surface area contributed by atoms with E-state index in [0.717, 1.165) is 38.9 Å². The Morgan fingerprint density at radius 1 is 1.14 bits per heavy atom. The second kappa shape index (κ2) is 7.60. The molecule has 2 rings (SSSR count). The second-order valence-corrected chi connectivity index (χ2v) is 6.15. The molecule has 1 atom stereocenters. The molecule has 1 unspecified atom stereocenters. The minimum absolute atomic E-state index is 0.0473. The number of likely N-dealkylation sites (N-methyl/N-ethyl adjacent to an activating group) is 1. The van der Waals surface area contributed by atoms with Crippen LogP contribution in [0.25, 0.3) is 0 Å². The summed E-state index contributed by atoms with van der Waals surface area (Å²) in [6.07, 6.45) is 4.64. The summed E-state index contributed by atoms with van der Waals surface area (Å²) in [5, 5.41) is 0. The van der Waals surface area contributed by atoms with Gasteiger partial charge in [-0.1, -0.05) is 31.2 Å². The molecule has 1 heterocycles. The van der Waals surface area contributed by atoms with Gasteiger partial charge in [0.15, 0.2) is 0 Å². The fourth-order valence-corrected chi connectivity index (χ4v) is 2.87. The molecule has 0 aromatic heterocycles. The van der Waals surface area contributed by atoms with Gasteiger partial charge in [0, 0.05) is 19.6 Å². The summed E-state index contributed by atoms with van der Waals surface area (Å²) in [6.45, 7) is 6.88. The van der Waals surface area contributed by atoms with Crippen LogP contribution < -0.4 is 0 Å². The lowest BCUT2D eigenvalue weighted by Crippen LogP contribution is -2.47. The van der Waals surface area contributed by atoms with Crippen molar-refractivity contribution in [3.05, 3.63) is 35.4 Å². The Hall–Kier alpha value is -1.35. The summed E-state index contributed by atoms with van der Waals surface area (Å²) in [6, 6.07) is 8.66. The van der Waals surface area contributed by atoms with Crippen LogP contribution in [0, 0.1) is 0 Å². The molecule has 0 bridgehead atoms. The Morgan fingerprint density at radius 2 is 1.71 bits per heavy atom. The largest absolute Gasteiger partial charge is 0.341 e. The lowest BCUT2D eigenvalue weighted by atomic mass is 10.1. The van der Waals surface area contributed by atoms with Gasteiger partial charge in [-0.25, -0.2) is 0 Å². The summed E-state index contributed by atoms with van der Waals surface area (Å²) in [5.74, 6) is 0.280. The van der Waals surface area contributed by atoms with Crippen molar-refractivity contribution in [3.63, 3.8) is 0 Å². The molecule has 0 spiro atoms. The van der Waals surface area contributed by atoms with Crippen LogP contribution >= 0.6 is 0 Å². The lowest BCUT2D eigenvalue weighted by Gasteiger charge is -2.32. The van der Waals surface area contributed by atoms with Crippen LogP contribution in [-0.2, 0) is 17.8 Å². The standard InChI is InChI=1S/C18H28N2O/c1-4-16-8-10-17(11-9-16)14-19(3)15(2)18(21)20-12-6-5-7-13-20/h8-11,15H,4-7,12-14H2,1-3H3. The topological polar surface area (TPSA) is 23.6 Å². The normalized spacial score (nSPS) is 17.0. The highest BCUT2D eigenvalue weighted by Crippen LogP contribution is 2.14. The van der Waals surface area contributed by atoms with Crippen molar-refractivity contribution in [2.45, 2.75) is 52.1 Å². The first-order valence-electron chi connectivity index (χ1n) is 8.18. The second-order valence-electron chi connectivity index (χ2n) is 6.15. The molecule has 3 heteroatoms. The number of hydrogen-bond donors (Lipinski definition) is 0. The molecule has 1 aromatic rings. The molecule has 0 saturated carbocycles. The number of carbonyl (C=O) groups is 1. The number of hydrogen-bond acceptors (Lipinski definition) is 2. The van der Waals surface area contributed by atoms with Crippen molar-refractivity contribution < 1.29 is 4.79 Å². The lowest BCUT2D eigenvalue weighted by molar-refractivity contribution is -0.137. The fraction of sp³-hybridized carbons (Fsp3) is 0.611. The summed E-state index contributed by atoms with van der Waals surface area (Å²) in [5.41, 5.74) is 2.63. The Balaban J connectivity index is 1.91. The van der Waals surface area contributed by atoms with E-state index in [2.05, 4.69) is 36.1 Å². The molecule has 0 N–H and O–H groups in total. The zero-order chi connectivity index (χ0) is 15.2. The van der Waals surface area contributed by atoms with Crippen molar-refractivity contribution >= 4 is 5.91 Å². The average Bonchev–Trinajstić information content (AvgIpc) is 2.55. The zero-order valence-electron chi connectivity index (χ0n) is 13.6. The quantitative estimate of drug-likeness (QED) is 0.831. The smallest absolute Gasteiger partial charge is 0.239 e. The third kappa shape index (κ3) is 4.31. The van der Waals surface area contributed by atoms with Gasteiger partial charge in [-0.15, -0.1) is 0 Å². The summed E-state index contributed by atoms with van der Waals surface area (Å²) >= 11 is 0. The van der Waals surface area contributed by atoms with Crippen LogP contribution in [0.5, 0.6) is 0 Å². The molecule has 1 aliphatic rings. The summed E-state index contributed by atoms with van der Waals surface area (Å²) in [4.78, 5) is 16.7. The van der Waals surface area contributed by atoms with E-state index in [-0.39, 0.29) is 11.9 Å². The van der Waals surface area contributed by atoms with Gasteiger partial charge in [0.25, 0.3) is 0 Å². The van der Waals surface area contributed by atoms with E-state index in [0.29, 0.717) is 0 Å². The number of aryl methyl sites for hydroxylation is 1. The van der Waals surface area contributed by atoms with Crippen molar-refractivity contribution in [2.24, 2.45) is 0 Å². The molecule has 1 fully saturated rings. The third-order valence-electron chi connectivity index (χ3n) is 4.55. The minimum Gasteiger partial charge on any atom is -0.341 e. The molecule has 0 radical (unpaired) electrons. The first kappa shape index (κ1) is 16.0. The van der Waals surface area contributed by atoms with Gasteiger partial charge in [-0.05, 0) is 50.8 Å². The molecular formula is C18H28N2O. The first-order valence-corrected chi connectivity index (χ1v) is 8.18. The van der Waals surface area contributed by atoms with E-state index >= 15 is 0 Å². The van der Waals surface area contributed by atoms with Gasteiger partial charge in [0.05, 0.1) is 6.04 Å². The van der Waals surface area contributed by atoms with Gasteiger partial charge < -0.3 is 4.90 Å². The number of rotatable bonds is 5. The molecule has 1 aromatic carbocycles. The van der Waals surface area contributed by atoms with Crippen molar-refractivity contribution in [2.75, 3.05) is 20.1 Å². The molecule has 116 valence electrons. The van der Waals surface area contributed by atoms with Gasteiger partial charge in [-0.3, -0.25) is 9.69 Å². The highest BCUT2D eigenvalue weighted by Gasteiger charge is 2.24. The highest BCUT2D eigenvalue weighted by atomic mass is 16.2. The Bertz CT molecular complexity index is 449. The Labute approximate surface area is 128 Å². The molecule has 1 saturated heterocycles. The fourth-order valence-electron chi connectivity index (χ4n) is 2.87. The zero-order valence-corrected chi connectivity index (χ0v) is 13.6. The van der Waals surface area contributed by atoms with Crippen LogP contribution in [0.1, 0.15) is 44.2 Å². The number of nitrogens with zero attached hydrogens (tertiary/aromatic N) is 2. The Morgan fingerprint density at radius 3 is 2.29 bits per heavy atom. The predicted molar refractivity (Wildman–Crippen MR) is 87.2 cm³/mol. The van der Waals surface area contributed by atoms with Gasteiger partial charge in [0.2, 0.25) is 5.91 Å². The molecule has 3 nitrogen and oxygen atoms in total. The SMILES string of the molecule is CCc1ccc(CN(C)C(C)C(=O)N2CCCCC2)cc1. The van der Waals surface area contributed by atoms with Gasteiger partial charge >= 0.3 is 0 Å². The molecule has 0 aliphatic carbocycles. The molecule has 1 amide bonds. The van der Waals surface area contributed by atoms with Crippen LogP contribution in [0.4, 0.5) is 0 Å². The van der Waals surface area contributed by atoms with E-state index in [4.69, 9.17) is 0 Å². The van der Waals surface area contributed by atoms with E-state index in [1.807, 2.05) is 18.9 Å². The minimum atomic E-state index is -0.0473. The first-order chi connectivity index (χ1) is 10.1. The van der Waals surface area contributed by atoms with Crippen molar-refractivity contribution in [1.82, 2.24) is 9.80 Å². The maximum atomic E-state index is 12.5. The van der Waals surface area contributed by atoms with Gasteiger partial charge in [-0.2, -0.15) is 0 Å². The summed E-state index contributed by atoms with van der Waals surface area (Å²) < 4.78 is 0. The van der Waals surface area contributed by atoms with Crippen molar-refractivity contribution in [3.8, 4) is 0 Å². The monoisotopic (exact) mass is 288 g/mol. The number of benzene rings is 1. The van der Waals surface area contributed by atoms with E-state index < -0.39 is 0 Å². The number of piperidine rings is 1.